The molecule has 9 heteroatoms. The predicted molar refractivity (Wildman–Crippen MR) is 47.6 cm³/mol. The molecule has 0 radical (unpaired) electrons. The molecule has 0 amide bonds. The molecule has 0 unspecified atom stereocenters. The van der Waals surface area contributed by atoms with Gasteiger partial charge in [0, 0.05) is 5.41 Å². The van der Waals surface area contributed by atoms with Gasteiger partial charge in [-0.3, -0.25) is 4.18 Å². The van der Waals surface area contributed by atoms with Crippen LogP contribution in [-0.2, 0) is 33.1 Å². The summed E-state index contributed by atoms with van der Waals surface area (Å²) in [7, 11) is -7.34. The predicted octanol–water partition coefficient (Wildman–Crippen LogP) is -0.985. The van der Waals surface area contributed by atoms with Gasteiger partial charge in [-0.1, -0.05) is 0 Å². The fraction of sp³-hybridized carbons (Fsp3) is 1.00. The van der Waals surface area contributed by atoms with E-state index in [9.17, 15) is 16.8 Å². The first-order valence-corrected chi connectivity index (χ1v) is 7.15. The molecule has 0 saturated carbocycles. The Bertz CT molecular complexity index is 372. The van der Waals surface area contributed by atoms with Gasteiger partial charge in [-0.05, 0) is 6.42 Å². The molecule has 2 heterocycles. The van der Waals surface area contributed by atoms with E-state index in [1.54, 1.807) is 0 Å². The van der Waals surface area contributed by atoms with E-state index < -0.39 is 25.9 Å². The van der Waals surface area contributed by atoms with Gasteiger partial charge in [-0.15, -0.1) is 0 Å². The number of hydrogen-bond acceptors (Lipinski definition) is 7. The molecule has 2 aliphatic rings. The van der Waals surface area contributed by atoms with Crippen molar-refractivity contribution in [2.75, 3.05) is 25.6 Å². The SMILES string of the molecule is O=S1(=O)CCC2(CO1)COS(=O)(=O)OC2. The van der Waals surface area contributed by atoms with Gasteiger partial charge in [-0.25, -0.2) is 8.37 Å². The minimum Gasteiger partial charge on any atom is -0.269 e. The van der Waals surface area contributed by atoms with Crippen LogP contribution >= 0.6 is 0 Å². The maximum Gasteiger partial charge on any atom is 0.399 e. The Morgan fingerprint density at radius 1 is 0.867 bits per heavy atom. The Morgan fingerprint density at radius 3 is 1.87 bits per heavy atom. The van der Waals surface area contributed by atoms with E-state index in [-0.39, 0.29) is 32.0 Å². The van der Waals surface area contributed by atoms with Crippen molar-refractivity contribution in [1.29, 1.82) is 0 Å². The van der Waals surface area contributed by atoms with Gasteiger partial charge in [0.15, 0.2) is 0 Å². The van der Waals surface area contributed by atoms with Crippen molar-refractivity contribution in [3.05, 3.63) is 0 Å². The van der Waals surface area contributed by atoms with Gasteiger partial charge < -0.3 is 0 Å². The van der Waals surface area contributed by atoms with Crippen LogP contribution in [0.1, 0.15) is 6.42 Å². The normalized spacial score (nSPS) is 32.5. The van der Waals surface area contributed by atoms with Crippen LogP contribution in [0.5, 0.6) is 0 Å². The van der Waals surface area contributed by atoms with Gasteiger partial charge in [0.2, 0.25) is 0 Å². The summed E-state index contributed by atoms with van der Waals surface area (Å²) in [6.07, 6.45) is 0.283. The molecular weight excluding hydrogens is 248 g/mol. The quantitative estimate of drug-likeness (QED) is 0.515. The summed E-state index contributed by atoms with van der Waals surface area (Å²) in [6, 6.07) is 0. The molecule has 2 fully saturated rings. The summed E-state index contributed by atoms with van der Waals surface area (Å²) in [6.45, 7) is -0.277. The van der Waals surface area contributed by atoms with Gasteiger partial charge in [-0.2, -0.15) is 16.8 Å². The zero-order valence-electron chi connectivity index (χ0n) is 7.71. The lowest BCUT2D eigenvalue weighted by Gasteiger charge is -2.37. The lowest BCUT2D eigenvalue weighted by molar-refractivity contribution is -0.0154. The molecule has 0 aromatic heterocycles. The van der Waals surface area contributed by atoms with Crippen molar-refractivity contribution < 1.29 is 29.4 Å². The molecule has 1 spiro atoms. The first kappa shape index (κ1) is 11.3. The number of hydrogen-bond donors (Lipinski definition) is 0. The fourth-order valence-corrected chi connectivity index (χ4v) is 3.47. The lowest BCUT2D eigenvalue weighted by atomic mass is 9.88. The molecular formula is C6H10O7S2. The van der Waals surface area contributed by atoms with Crippen LogP contribution in [0, 0.1) is 5.41 Å². The van der Waals surface area contributed by atoms with Crippen molar-refractivity contribution >= 4 is 20.5 Å². The second-order valence-electron chi connectivity index (χ2n) is 3.71. The first-order valence-electron chi connectivity index (χ1n) is 4.24. The van der Waals surface area contributed by atoms with Crippen LogP contribution in [0.2, 0.25) is 0 Å². The molecule has 2 saturated heterocycles. The first-order chi connectivity index (χ1) is 6.83. The highest BCUT2D eigenvalue weighted by Crippen LogP contribution is 2.33. The maximum atomic E-state index is 11.0. The van der Waals surface area contributed by atoms with Crippen LogP contribution in [0.3, 0.4) is 0 Å². The molecule has 0 bridgehead atoms. The Balaban J connectivity index is 2.07. The van der Waals surface area contributed by atoms with E-state index >= 15 is 0 Å². The van der Waals surface area contributed by atoms with Gasteiger partial charge in [0.1, 0.15) is 0 Å². The monoisotopic (exact) mass is 258 g/mol. The van der Waals surface area contributed by atoms with Crippen molar-refractivity contribution in [1.82, 2.24) is 0 Å². The third-order valence-electron chi connectivity index (χ3n) is 2.45. The van der Waals surface area contributed by atoms with E-state index in [0.717, 1.165) is 0 Å². The summed E-state index contributed by atoms with van der Waals surface area (Å²) in [5, 5.41) is 0. The van der Waals surface area contributed by atoms with Crippen LogP contribution in [0.25, 0.3) is 0 Å². The Morgan fingerprint density at radius 2 is 1.40 bits per heavy atom. The summed E-state index contributed by atoms with van der Waals surface area (Å²) >= 11 is 0. The maximum absolute atomic E-state index is 11.0. The summed E-state index contributed by atoms with van der Waals surface area (Å²) in [5.74, 6) is -0.139. The number of rotatable bonds is 0. The van der Waals surface area contributed by atoms with Crippen LogP contribution < -0.4 is 0 Å². The molecule has 2 rings (SSSR count). The topological polar surface area (TPSA) is 96.0 Å². The zero-order chi connectivity index (χ0) is 11.2. The molecule has 0 aliphatic carbocycles. The van der Waals surface area contributed by atoms with Crippen molar-refractivity contribution in [2.45, 2.75) is 6.42 Å². The highest BCUT2D eigenvalue weighted by Gasteiger charge is 2.44. The second-order valence-corrected chi connectivity index (χ2v) is 6.75. The highest BCUT2D eigenvalue weighted by molar-refractivity contribution is 7.86. The lowest BCUT2D eigenvalue weighted by Crippen LogP contribution is -2.47. The van der Waals surface area contributed by atoms with E-state index in [4.69, 9.17) is 0 Å². The Hall–Kier alpha value is -0.220. The van der Waals surface area contributed by atoms with Crippen LogP contribution in [0.15, 0.2) is 0 Å². The Kier molecular flexibility index (Phi) is 2.54. The minimum atomic E-state index is -3.89. The standard InChI is InChI=1S/C6H10O7S2/c7-14(8)2-1-6(3-11-14)4-12-15(9,10)13-5-6/h1-5H2. The van der Waals surface area contributed by atoms with Gasteiger partial charge >= 0.3 is 10.4 Å². The molecule has 15 heavy (non-hydrogen) atoms. The molecule has 88 valence electrons. The van der Waals surface area contributed by atoms with Crippen LogP contribution in [-0.4, -0.2) is 42.4 Å². The second kappa shape index (κ2) is 3.39. The highest BCUT2D eigenvalue weighted by atomic mass is 32.3. The van der Waals surface area contributed by atoms with E-state index in [0.29, 0.717) is 0 Å². The third-order valence-corrected chi connectivity index (χ3v) is 4.44. The van der Waals surface area contributed by atoms with E-state index in [1.807, 2.05) is 0 Å². The van der Waals surface area contributed by atoms with Crippen molar-refractivity contribution in [2.24, 2.45) is 5.41 Å². The average Bonchev–Trinajstić information content (AvgIpc) is 2.15. The molecule has 7 nitrogen and oxygen atoms in total. The molecule has 0 atom stereocenters. The molecule has 0 aromatic carbocycles. The fourth-order valence-electron chi connectivity index (χ4n) is 1.39. The van der Waals surface area contributed by atoms with E-state index in [1.165, 1.54) is 0 Å². The van der Waals surface area contributed by atoms with Gasteiger partial charge in [0.25, 0.3) is 10.1 Å². The summed E-state index contributed by atoms with van der Waals surface area (Å²) in [5.41, 5.74) is -0.656. The minimum absolute atomic E-state index is 0.0924. The largest absolute Gasteiger partial charge is 0.399 e. The summed E-state index contributed by atoms with van der Waals surface area (Å²) in [4.78, 5) is 0. The zero-order valence-corrected chi connectivity index (χ0v) is 9.34. The molecule has 2 aliphatic heterocycles. The smallest absolute Gasteiger partial charge is 0.269 e. The van der Waals surface area contributed by atoms with Crippen molar-refractivity contribution in [3.8, 4) is 0 Å². The van der Waals surface area contributed by atoms with E-state index in [2.05, 4.69) is 12.5 Å². The van der Waals surface area contributed by atoms with Gasteiger partial charge in [0.05, 0.1) is 25.6 Å². The van der Waals surface area contributed by atoms with Crippen molar-refractivity contribution in [3.63, 3.8) is 0 Å². The average molecular weight is 258 g/mol. The third kappa shape index (κ3) is 2.48. The summed E-state index contributed by atoms with van der Waals surface area (Å²) < 4.78 is 57.2. The molecule has 0 aromatic rings. The Labute approximate surface area is 87.8 Å². The molecule has 0 N–H and O–H groups in total. The van der Waals surface area contributed by atoms with Crippen LogP contribution in [0.4, 0.5) is 0 Å².